The van der Waals surface area contributed by atoms with E-state index in [9.17, 15) is 19.2 Å². The number of hydrogen-bond donors (Lipinski definition) is 4. The van der Waals surface area contributed by atoms with Gasteiger partial charge in [0.15, 0.2) is 0 Å². The van der Waals surface area contributed by atoms with Gasteiger partial charge in [0.2, 0.25) is 23.7 Å². The van der Waals surface area contributed by atoms with E-state index >= 15 is 0 Å². The number of ether oxygens (including phenoxy) is 1. The van der Waals surface area contributed by atoms with Crippen LogP contribution in [0.1, 0.15) is 30.7 Å². The molecule has 33 heavy (non-hydrogen) atoms. The molecule has 2 aliphatic heterocycles. The Morgan fingerprint density at radius 2 is 2.00 bits per heavy atom. The molecular weight excluding hydrogens is 452 g/mol. The molecular formula is C21H23ClN6O5. The van der Waals surface area contributed by atoms with Crippen molar-refractivity contribution in [1.82, 2.24) is 9.97 Å². The second kappa shape index (κ2) is 9.10. The Morgan fingerprint density at radius 3 is 2.67 bits per heavy atom. The lowest BCUT2D eigenvalue weighted by molar-refractivity contribution is -0.123. The monoisotopic (exact) mass is 474 g/mol. The highest BCUT2D eigenvalue weighted by molar-refractivity contribution is 6.31. The Hall–Kier alpha value is -3.60. The Labute approximate surface area is 193 Å². The number of H-pyrrole nitrogens is 1. The van der Waals surface area contributed by atoms with Gasteiger partial charge in [-0.1, -0.05) is 11.6 Å². The maximum absolute atomic E-state index is 13.1. The third kappa shape index (κ3) is 4.63. The number of aromatic amines is 1. The van der Waals surface area contributed by atoms with Crippen LogP contribution in [0.25, 0.3) is 0 Å². The Balaban J connectivity index is 1.61. The summed E-state index contributed by atoms with van der Waals surface area (Å²) in [4.78, 5) is 58.7. The van der Waals surface area contributed by atoms with Crippen molar-refractivity contribution in [3.05, 3.63) is 39.1 Å². The predicted octanol–water partition coefficient (Wildman–Crippen LogP) is 1.20. The summed E-state index contributed by atoms with van der Waals surface area (Å²) in [5.74, 6) is -1.93. The first-order valence-electron chi connectivity index (χ1n) is 10.4. The lowest BCUT2D eigenvalue weighted by Gasteiger charge is -2.32. The molecule has 1 aromatic heterocycles. The van der Waals surface area contributed by atoms with Gasteiger partial charge in [0.25, 0.3) is 5.56 Å². The zero-order valence-corrected chi connectivity index (χ0v) is 18.6. The minimum atomic E-state index is -1.05. The van der Waals surface area contributed by atoms with Gasteiger partial charge < -0.3 is 26.0 Å². The number of nitrogens with two attached hydrogens (primary N) is 1. The number of primary amides is 1. The van der Waals surface area contributed by atoms with Crippen LogP contribution in [0.3, 0.4) is 0 Å². The molecule has 1 atom stereocenters. The van der Waals surface area contributed by atoms with Gasteiger partial charge in [-0.05, 0) is 31.0 Å². The lowest BCUT2D eigenvalue weighted by Crippen LogP contribution is -2.41. The number of carbonyl (C=O) groups excluding carboxylic acids is 3. The van der Waals surface area contributed by atoms with Gasteiger partial charge in [-0.2, -0.15) is 4.98 Å². The van der Waals surface area contributed by atoms with Crippen LogP contribution < -0.4 is 31.6 Å². The van der Waals surface area contributed by atoms with Gasteiger partial charge in [-0.25, -0.2) is 0 Å². The number of hydrogen-bond acceptors (Lipinski definition) is 7. The van der Waals surface area contributed by atoms with Crippen molar-refractivity contribution in [2.24, 2.45) is 11.7 Å². The van der Waals surface area contributed by atoms with E-state index in [0.29, 0.717) is 42.4 Å². The molecule has 0 aliphatic carbocycles. The van der Waals surface area contributed by atoms with Crippen LogP contribution >= 0.6 is 11.6 Å². The number of amides is 3. The third-order valence-corrected chi connectivity index (χ3v) is 6.11. The van der Waals surface area contributed by atoms with Gasteiger partial charge in [-0.15, -0.1) is 0 Å². The quantitative estimate of drug-likeness (QED) is 0.506. The van der Waals surface area contributed by atoms with E-state index in [1.165, 1.54) is 13.2 Å². The summed E-state index contributed by atoms with van der Waals surface area (Å²) in [6.07, 6.45) is 0.861. The minimum Gasteiger partial charge on any atom is -0.495 e. The fourth-order valence-electron chi connectivity index (χ4n) is 4.11. The lowest BCUT2D eigenvalue weighted by atomic mass is 9.92. The van der Waals surface area contributed by atoms with Crippen molar-refractivity contribution in [3.8, 4) is 5.75 Å². The molecule has 2 aromatic rings. The first-order chi connectivity index (χ1) is 15.8. The van der Waals surface area contributed by atoms with Crippen molar-refractivity contribution >= 4 is 46.8 Å². The number of rotatable bonds is 5. The fraction of sp³-hybridized carbons (Fsp3) is 0.381. The second-order valence-corrected chi connectivity index (χ2v) is 8.39. The highest BCUT2D eigenvalue weighted by atomic mass is 35.5. The summed E-state index contributed by atoms with van der Waals surface area (Å²) in [7, 11) is 1.45. The van der Waals surface area contributed by atoms with E-state index in [-0.39, 0.29) is 35.6 Å². The summed E-state index contributed by atoms with van der Waals surface area (Å²) < 4.78 is 5.24. The number of halogens is 1. The molecule has 3 heterocycles. The van der Waals surface area contributed by atoms with E-state index in [1.54, 1.807) is 12.1 Å². The van der Waals surface area contributed by atoms with E-state index in [0.717, 1.165) is 0 Å². The number of fused-ring (bicyclic) bond motifs is 1. The van der Waals surface area contributed by atoms with Gasteiger partial charge >= 0.3 is 0 Å². The molecule has 1 fully saturated rings. The molecule has 0 unspecified atom stereocenters. The SMILES string of the molecule is COc1ccc(Cl)cc1NC(=O)[C@H]1CC(=O)Nc2nc(N3CCC(C(N)=O)CC3)[nH]c(=O)c21. The number of nitrogens with zero attached hydrogens (tertiary/aromatic N) is 2. The number of benzene rings is 1. The Bertz CT molecular complexity index is 1170. The van der Waals surface area contributed by atoms with Gasteiger partial charge in [0.05, 0.1) is 24.3 Å². The molecule has 0 saturated carbocycles. The van der Waals surface area contributed by atoms with Crippen LogP contribution in [0.15, 0.2) is 23.0 Å². The highest BCUT2D eigenvalue weighted by Gasteiger charge is 2.36. The molecule has 174 valence electrons. The average Bonchev–Trinajstić information content (AvgIpc) is 2.78. The third-order valence-electron chi connectivity index (χ3n) is 5.87. The maximum atomic E-state index is 13.1. The molecule has 11 nitrogen and oxygen atoms in total. The van der Waals surface area contributed by atoms with Crippen LogP contribution in [0, 0.1) is 5.92 Å². The topological polar surface area (TPSA) is 160 Å². The van der Waals surface area contributed by atoms with Crippen LogP contribution in [-0.2, 0) is 14.4 Å². The van der Waals surface area contributed by atoms with Crippen LogP contribution in [0.5, 0.6) is 5.75 Å². The Morgan fingerprint density at radius 1 is 1.27 bits per heavy atom. The predicted molar refractivity (Wildman–Crippen MR) is 122 cm³/mol. The number of aromatic nitrogens is 2. The molecule has 0 spiro atoms. The number of piperidine rings is 1. The van der Waals surface area contributed by atoms with Gasteiger partial charge in [0, 0.05) is 30.5 Å². The van der Waals surface area contributed by atoms with Crippen LogP contribution in [0.4, 0.5) is 17.5 Å². The number of methoxy groups -OCH3 is 1. The van der Waals surface area contributed by atoms with Crippen LogP contribution in [0.2, 0.25) is 5.02 Å². The zero-order valence-electron chi connectivity index (χ0n) is 17.8. The molecule has 1 saturated heterocycles. The van der Waals surface area contributed by atoms with Crippen molar-refractivity contribution in [2.75, 3.05) is 35.7 Å². The van der Waals surface area contributed by atoms with E-state index < -0.39 is 23.3 Å². The summed E-state index contributed by atoms with van der Waals surface area (Å²) in [6.45, 7) is 0.948. The standard InChI is InChI=1S/C21H23ClN6O5/c1-33-14-3-2-11(22)8-13(14)24-19(31)12-9-15(29)25-18-16(12)20(32)27-21(26-18)28-6-4-10(5-7-28)17(23)30/h2-3,8,10,12H,4-7,9H2,1H3,(H2,23,30)(H,24,31)(H2,25,26,27,29,32)/t12-/m0/s1. The fourth-order valence-corrected chi connectivity index (χ4v) is 4.28. The second-order valence-electron chi connectivity index (χ2n) is 7.95. The van der Waals surface area contributed by atoms with Crippen molar-refractivity contribution in [3.63, 3.8) is 0 Å². The Kier molecular flexibility index (Phi) is 6.23. The zero-order chi connectivity index (χ0) is 23.7. The first-order valence-corrected chi connectivity index (χ1v) is 10.8. The summed E-state index contributed by atoms with van der Waals surface area (Å²) in [5, 5.41) is 5.67. The van der Waals surface area contributed by atoms with Crippen LogP contribution in [-0.4, -0.2) is 47.9 Å². The van der Waals surface area contributed by atoms with Gasteiger partial charge in [-0.3, -0.25) is 24.2 Å². The van der Waals surface area contributed by atoms with Crippen molar-refractivity contribution < 1.29 is 19.1 Å². The van der Waals surface area contributed by atoms with Crippen molar-refractivity contribution in [2.45, 2.75) is 25.2 Å². The summed E-state index contributed by atoms with van der Waals surface area (Å²) >= 11 is 6.02. The smallest absolute Gasteiger partial charge is 0.258 e. The first kappa shape index (κ1) is 22.6. The summed E-state index contributed by atoms with van der Waals surface area (Å²) in [6, 6.07) is 4.73. The number of anilines is 3. The largest absolute Gasteiger partial charge is 0.495 e. The normalized spacial score (nSPS) is 18.3. The average molecular weight is 475 g/mol. The molecule has 3 amide bonds. The molecule has 4 rings (SSSR count). The number of nitrogens with one attached hydrogen (secondary N) is 3. The molecule has 0 bridgehead atoms. The molecule has 0 radical (unpaired) electrons. The molecule has 2 aliphatic rings. The highest BCUT2D eigenvalue weighted by Crippen LogP contribution is 2.33. The number of carbonyl (C=O) groups is 3. The molecule has 12 heteroatoms. The van der Waals surface area contributed by atoms with E-state index in [2.05, 4.69) is 20.6 Å². The van der Waals surface area contributed by atoms with E-state index in [4.69, 9.17) is 22.1 Å². The molecule has 1 aromatic carbocycles. The minimum absolute atomic E-state index is 0.0419. The summed E-state index contributed by atoms with van der Waals surface area (Å²) in [5.41, 5.74) is 5.25. The maximum Gasteiger partial charge on any atom is 0.258 e. The van der Waals surface area contributed by atoms with Crippen molar-refractivity contribution in [1.29, 1.82) is 0 Å². The van der Waals surface area contributed by atoms with E-state index in [1.807, 2.05) is 4.90 Å². The van der Waals surface area contributed by atoms with Gasteiger partial charge in [0.1, 0.15) is 11.6 Å². The molecule has 5 N–H and O–H groups in total.